The van der Waals surface area contributed by atoms with Gasteiger partial charge in [-0.05, 0) is 43.9 Å². The van der Waals surface area contributed by atoms with Crippen LogP contribution in [0.1, 0.15) is 68.2 Å². The minimum Gasteiger partial charge on any atom is -0.310 e. The molecule has 1 fully saturated rings. The summed E-state index contributed by atoms with van der Waals surface area (Å²) in [5.74, 6) is 1.01. The van der Waals surface area contributed by atoms with E-state index < -0.39 is 0 Å². The third kappa shape index (κ3) is 3.83. The SMILES string of the molecule is CCNC(CCC1CCCC1)c1ccc(CC)s1. The van der Waals surface area contributed by atoms with Crippen LogP contribution in [0.4, 0.5) is 0 Å². The Morgan fingerprint density at radius 1 is 1.28 bits per heavy atom. The van der Waals surface area contributed by atoms with Crippen molar-refractivity contribution in [3.63, 3.8) is 0 Å². The molecule has 0 amide bonds. The van der Waals surface area contributed by atoms with E-state index in [0.717, 1.165) is 12.5 Å². The summed E-state index contributed by atoms with van der Waals surface area (Å²) >= 11 is 2.00. The fourth-order valence-electron chi connectivity index (χ4n) is 3.06. The Bertz CT molecular complexity index is 339. The first-order valence-electron chi connectivity index (χ1n) is 7.65. The predicted octanol–water partition coefficient (Wildman–Crippen LogP) is 4.93. The molecule has 1 aromatic heterocycles. The topological polar surface area (TPSA) is 12.0 Å². The molecule has 1 atom stereocenters. The van der Waals surface area contributed by atoms with Crippen LogP contribution in [0.2, 0.25) is 0 Å². The van der Waals surface area contributed by atoms with Crippen LogP contribution in [0, 0.1) is 5.92 Å². The van der Waals surface area contributed by atoms with Crippen LogP contribution in [0.15, 0.2) is 12.1 Å². The molecule has 1 aliphatic rings. The van der Waals surface area contributed by atoms with Crippen molar-refractivity contribution in [3.05, 3.63) is 21.9 Å². The number of rotatable bonds is 7. The van der Waals surface area contributed by atoms with E-state index in [0.29, 0.717) is 6.04 Å². The van der Waals surface area contributed by atoms with Crippen molar-refractivity contribution >= 4 is 11.3 Å². The van der Waals surface area contributed by atoms with Crippen LogP contribution in [0.3, 0.4) is 0 Å². The molecule has 1 aliphatic carbocycles. The molecule has 0 aliphatic heterocycles. The largest absolute Gasteiger partial charge is 0.310 e. The van der Waals surface area contributed by atoms with Gasteiger partial charge in [0.2, 0.25) is 0 Å². The molecular weight excluding hydrogens is 238 g/mol. The zero-order valence-corrected chi connectivity index (χ0v) is 12.7. The summed E-state index contributed by atoms with van der Waals surface area (Å²) in [6.45, 7) is 5.54. The molecule has 1 N–H and O–H groups in total. The minimum absolute atomic E-state index is 0.598. The van der Waals surface area contributed by atoms with Crippen molar-refractivity contribution in [1.29, 1.82) is 0 Å². The Morgan fingerprint density at radius 3 is 2.67 bits per heavy atom. The second kappa shape index (κ2) is 7.30. The number of thiophene rings is 1. The number of hydrogen-bond donors (Lipinski definition) is 1. The van der Waals surface area contributed by atoms with Crippen LogP contribution in [0.25, 0.3) is 0 Å². The summed E-state index contributed by atoms with van der Waals surface area (Å²) in [5.41, 5.74) is 0. The molecule has 0 saturated heterocycles. The summed E-state index contributed by atoms with van der Waals surface area (Å²) in [6, 6.07) is 5.24. The summed E-state index contributed by atoms with van der Waals surface area (Å²) in [7, 11) is 0. The molecule has 1 aromatic rings. The number of aryl methyl sites for hydroxylation is 1. The van der Waals surface area contributed by atoms with Gasteiger partial charge in [-0.2, -0.15) is 0 Å². The fraction of sp³-hybridized carbons (Fsp3) is 0.750. The maximum absolute atomic E-state index is 3.67. The first-order valence-corrected chi connectivity index (χ1v) is 8.47. The van der Waals surface area contributed by atoms with Gasteiger partial charge < -0.3 is 5.32 Å². The molecule has 2 rings (SSSR count). The molecular formula is C16H27NS. The van der Waals surface area contributed by atoms with E-state index in [2.05, 4.69) is 31.3 Å². The van der Waals surface area contributed by atoms with Crippen LogP contribution in [0.5, 0.6) is 0 Å². The van der Waals surface area contributed by atoms with Gasteiger partial charge in [-0.25, -0.2) is 0 Å². The van der Waals surface area contributed by atoms with Crippen molar-refractivity contribution in [3.8, 4) is 0 Å². The van der Waals surface area contributed by atoms with E-state index in [4.69, 9.17) is 0 Å². The van der Waals surface area contributed by atoms with Crippen molar-refractivity contribution < 1.29 is 0 Å². The van der Waals surface area contributed by atoms with Crippen LogP contribution in [-0.2, 0) is 6.42 Å². The highest BCUT2D eigenvalue weighted by Gasteiger charge is 2.18. The van der Waals surface area contributed by atoms with E-state index >= 15 is 0 Å². The van der Waals surface area contributed by atoms with E-state index in [1.54, 1.807) is 4.88 Å². The number of nitrogens with one attached hydrogen (secondary N) is 1. The quantitative estimate of drug-likeness (QED) is 0.737. The summed E-state index contributed by atoms with van der Waals surface area (Å²) in [4.78, 5) is 3.07. The molecule has 102 valence electrons. The lowest BCUT2D eigenvalue weighted by Gasteiger charge is -2.18. The smallest absolute Gasteiger partial charge is 0.0414 e. The lowest BCUT2D eigenvalue weighted by Crippen LogP contribution is -2.20. The Labute approximate surface area is 116 Å². The first-order chi connectivity index (χ1) is 8.83. The number of hydrogen-bond acceptors (Lipinski definition) is 2. The summed E-state index contributed by atoms with van der Waals surface area (Å²) in [6.07, 6.45) is 9.80. The molecule has 18 heavy (non-hydrogen) atoms. The lowest BCUT2D eigenvalue weighted by atomic mass is 9.98. The standard InChI is InChI=1S/C16H27NS/c1-3-14-10-12-16(18-14)15(17-4-2)11-9-13-7-5-6-8-13/h10,12-13,15,17H,3-9,11H2,1-2H3. The molecule has 0 radical (unpaired) electrons. The van der Waals surface area contributed by atoms with Gasteiger partial charge in [0, 0.05) is 15.8 Å². The average Bonchev–Trinajstić information content (AvgIpc) is 3.05. The fourth-order valence-corrected chi connectivity index (χ4v) is 4.13. The highest BCUT2D eigenvalue weighted by molar-refractivity contribution is 7.12. The Balaban J connectivity index is 1.89. The van der Waals surface area contributed by atoms with Crippen molar-refractivity contribution in [2.75, 3.05) is 6.54 Å². The van der Waals surface area contributed by atoms with Gasteiger partial charge in [0.25, 0.3) is 0 Å². The normalized spacial score (nSPS) is 18.3. The van der Waals surface area contributed by atoms with E-state index in [-0.39, 0.29) is 0 Å². The molecule has 0 spiro atoms. The first kappa shape index (κ1) is 14.1. The van der Waals surface area contributed by atoms with Gasteiger partial charge in [0.15, 0.2) is 0 Å². The van der Waals surface area contributed by atoms with Gasteiger partial charge >= 0.3 is 0 Å². The van der Waals surface area contributed by atoms with E-state index in [1.165, 1.54) is 49.8 Å². The van der Waals surface area contributed by atoms with Crippen molar-refractivity contribution in [2.24, 2.45) is 5.92 Å². The van der Waals surface area contributed by atoms with E-state index in [9.17, 15) is 0 Å². The summed E-state index contributed by atoms with van der Waals surface area (Å²) in [5, 5.41) is 3.67. The van der Waals surface area contributed by atoms with Gasteiger partial charge in [-0.3, -0.25) is 0 Å². The van der Waals surface area contributed by atoms with E-state index in [1.807, 2.05) is 11.3 Å². The molecule has 2 heteroatoms. The zero-order valence-electron chi connectivity index (χ0n) is 11.9. The zero-order chi connectivity index (χ0) is 12.8. The third-order valence-corrected chi connectivity index (χ3v) is 5.51. The van der Waals surface area contributed by atoms with Crippen LogP contribution in [-0.4, -0.2) is 6.54 Å². The molecule has 1 heterocycles. The van der Waals surface area contributed by atoms with Gasteiger partial charge in [0.05, 0.1) is 0 Å². The highest BCUT2D eigenvalue weighted by Crippen LogP contribution is 2.33. The minimum atomic E-state index is 0.598. The van der Waals surface area contributed by atoms with Crippen molar-refractivity contribution in [2.45, 2.75) is 64.8 Å². The Kier molecular flexibility index (Phi) is 5.71. The second-order valence-corrected chi connectivity index (χ2v) is 6.70. The molecule has 0 aromatic carbocycles. The highest BCUT2D eigenvalue weighted by atomic mass is 32.1. The maximum atomic E-state index is 3.67. The third-order valence-electron chi connectivity index (χ3n) is 4.16. The monoisotopic (exact) mass is 265 g/mol. The molecule has 1 saturated carbocycles. The van der Waals surface area contributed by atoms with Crippen LogP contribution >= 0.6 is 11.3 Å². The molecule has 0 bridgehead atoms. The average molecular weight is 265 g/mol. The van der Waals surface area contributed by atoms with Crippen molar-refractivity contribution in [1.82, 2.24) is 5.32 Å². The lowest BCUT2D eigenvalue weighted by molar-refractivity contribution is 0.420. The summed E-state index contributed by atoms with van der Waals surface area (Å²) < 4.78 is 0. The predicted molar refractivity (Wildman–Crippen MR) is 81.3 cm³/mol. The van der Waals surface area contributed by atoms with Gasteiger partial charge in [-0.1, -0.05) is 39.5 Å². The van der Waals surface area contributed by atoms with Crippen LogP contribution < -0.4 is 5.32 Å². The molecule has 1 nitrogen and oxygen atoms in total. The van der Waals surface area contributed by atoms with Gasteiger partial charge in [-0.15, -0.1) is 11.3 Å². The van der Waals surface area contributed by atoms with Gasteiger partial charge in [0.1, 0.15) is 0 Å². The maximum Gasteiger partial charge on any atom is 0.0414 e. The molecule has 1 unspecified atom stereocenters. The Morgan fingerprint density at radius 2 is 2.06 bits per heavy atom. The second-order valence-electron chi connectivity index (χ2n) is 5.50. The Hall–Kier alpha value is -0.340.